The molecule has 0 heterocycles. The van der Waals surface area contributed by atoms with E-state index in [9.17, 15) is 4.79 Å². The van der Waals surface area contributed by atoms with Gasteiger partial charge in [0, 0.05) is 13.7 Å². The first kappa shape index (κ1) is 19.4. The Balaban J connectivity index is 0.000000441. The molecule has 0 N–H and O–H groups in total. The van der Waals surface area contributed by atoms with E-state index in [0.717, 1.165) is 32.3 Å². The molecule has 0 aromatic rings. The SMILES string of the molecule is CC.CCCOC.COC(=O)C12CCC(C)(CC1)CC2. The zero-order chi connectivity index (χ0) is 15.6. The highest BCUT2D eigenvalue weighted by Crippen LogP contribution is 2.56. The summed E-state index contributed by atoms with van der Waals surface area (Å²) < 4.78 is 9.59. The Morgan fingerprint density at radius 1 is 1.00 bits per heavy atom. The number of rotatable bonds is 3. The van der Waals surface area contributed by atoms with Gasteiger partial charge in [-0.15, -0.1) is 0 Å². The largest absolute Gasteiger partial charge is 0.469 e. The van der Waals surface area contributed by atoms with Gasteiger partial charge in [-0.2, -0.15) is 0 Å². The molecule has 20 heavy (non-hydrogen) atoms. The molecule has 0 atom stereocenters. The topological polar surface area (TPSA) is 35.5 Å². The predicted molar refractivity (Wildman–Crippen MR) is 83.8 cm³/mol. The quantitative estimate of drug-likeness (QED) is 0.712. The number of carbonyl (C=O) groups is 1. The van der Waals surface area contributed by atoms with Crippen LogP contribution in [0.4, 0.5) is 0 Å². The maximum atomic E-state index is 11.6. The normalized spacial score (nSPS) is 30.5. The van der Waals surface area contributed by atoms with Crippen LogP contribution in [-0.2, 0) is 14.3 Å². The van der Waals surface area contributed by atoms with Crippen molar-refractivity contribution in [3.63, 3.8) is 0 Å². The second kappa shape index (κ2) is 9.38. The van der Waals surface area contributed by atoms with Crippen LogP contribution in [0.3, 0.4) is 0 Å². The molecule has 3 aliphatic rings. The Kier molecular flexibility index (Phi) is 9.11. The highest BCUT2D eigenvalue weighted by atomic mass is 16.5. The zero-order valence-electron chi connectivity index (χ0n) is 14.4. The molecule has 0 saturated heterocycles. The van der Waals surface area contributed by atoms with Gasteiger partial charge in [0.15, 0.2) is 0 Å². The molecule has 3 aliphatic carbocycles. The van der Waals surface area contributed by atoms with Crippen molar-refractivity contribution in [2.24, 2.45) is 10.8 Å². The van der Waals surface area contributed by atoms with E-state index in [4.69, 9.17) is 9.47 Å². The first-order chi connectivity index (χ1) is 9.52. The van der Waals surface area contributed by atoms with Crippen molar-refractivity contribution in [3.05, 3.63) is 0 Å². The first-order valence-corrected chi connectivity index (χ1v) is 8.09. The Morgan fingerprint density at radius 2 is 1.45 bits per heavy atom. The van der Waals surface area contributed by atoms with Gasteiger partial charge < -0.3 is 9.47 Å². The fraction of sp³-hybridized carbons (Fsp3) is 0.941. The van der Waals surface area contributed by atoms with Crippen molar-refractivity contribution in [1.29, 1.82) is 0 Å². The number of hydrogen-bond donors (Lipinski definition) is 0. The standard InChI is InChI=1S/C11H18O2.C4H10O.C2H6/c1-10-3-6-11(7-4-10,8-5-10)9(12)13-2;1-3-4-5-2;1-2/h3-8H2,1-2H3;3-4H2,1-2H3;1-2H3. The smallest absolute Gasteiger partial charge is 0.311 e. The Morgan fingerprint density at radius 3 is 1.70 bits per heavy atom. The van der Waals surface area contributed by atoms with E-state index in [1.165, 1.54) is 26.4 Å². The fourth-order valence-corrected chi connectivity index (χ4v) is 3.10. The molecule has 120 valence electrons. The van der Waals surface area contributed by atoms with E-state index in [1.807, 2.05) is 13.8 Å². The molecule has 3 heteroatoms. The van der Waals surface area contributed by atoms with Crippen LogP contribution in [0, 0.1) is 10.8 Å². The Labute approximate surface area is 125 Å². The molecular weight excluding hydrogens is 252 g/mol. The number of methoxy groups -OCH3 is 2. The third-order valence-corrected chi connectivity index (χ3v) is 4.65. The molecule has 3 rings (SSSR count). The predicted octanol–water partition coefficient (Wildman–Crippen LogP) is 4.59. The maximum absolute atomic E-state index is 11.6. The van der Waals surface area contributed by atoms with Crippen molar-refractivity contribution >= 4 is 5.97 Å². The van der Waals surface area contributed by atoms with Gasteiger partial charge in [-0.25, -0.2) is 0 Å². The van der Waals surface area contributed by atoms with E-state index in [-0.39, 0.29) is 11.4 Å². The summed E-state index contributed by atoms with van der Waals surface area (Å²) >= 11 is 0. The van der Waals surface area contributed by atoms with E-state index >= 15 is 0 Å². The van der Waals surface area contributed by atoms with Crippen LogP contribution >= 0.6 is 0 Å². The first-order valence-electron chi connectivity index (χ1n) is 8.09. The van der Waals surface area contributed by atoms with Crippen LogP contribution in [0.25, 0.3) is 0 Å². The second-order valence-electron chi connectivity index (χ2n) is 6.08. The second-order valence-corrected chi connectivity index (χ2v) is 6.08. The maximum Gasteiger partial charge on any atom is 0.311 e. The molecule has 0 radical (unpaired) electrons. The van der Waals surface area contributed by atoms with Crippen LogP contribution in [0.1, 0.15) is 72.6 Å². The average molecular weight is 286 g/mol. The average Bonchev–Trinajstić information content (AvgIpc) is 2.51. The molecule has 0 spiro atoms. The minimum atomic E-state index is -0.0908. The lowest BCUT2D eigenvalue weighted by Crippen LogP contribution is -2.45. The summed E-state index contributed by atoms with van der Waals surface area (Å²) in [6, 6.07) is 0. The zero-order valence-corrected chi connectivity index (χ0v) is 14.4. The highest BCUT2D eigenvalue weighted by molar-refractivity contribution is 5.77. The third-order valence-electron chi connectivity index (χ3n) is 4.65. The molecule has 0 aliphatic heterocycles. The number of ether oxygens (including phenoxy) is 2. The lowest BCUT2D eigenvalue weighted by Gasteiger charge is -2.50. The lowest BCUT2D eigenvalue weighted by molar-refractivity contribution is -0.162. The van der Waals surface area contributed by atoms with Gasteiger partial charge in [-0.3, -0.25) is 4.79 Å². The molecule has 3 nitrogen and oxygen atoms in total. The molecular formula is C17H34O3. The Bertz CT molecular complexity index is 247. The van der Waals surface area contributed by atoms with E-state index in [1.54, 1.807) is 7.11 Å². The highest BCUT2D eigenvalue weighted by Gasteiger charge is 2.50. The Hall–Kier alpha value is -0.570. The molecule has 3 fully saturated rings. The summed E-state index contributed by atoms with van der Waals surface area (Å²) in [4.78, 5) is 11.6. The van der Waals surface area contributed by atoms with E-state index in [2.05, 4.69) is 13.8 Å². The van der Waals surface area contributed by atoms with Crippen molar-refractivity contribution in [2.75, 3.05) is 20.8 Å². The summed E-state index contributed by atoms with van der Waals surface area (Å²) in [6.07, 6.45) is 7.91. The molecule has 3 saturated carbocycles. The van der Waals surface area contributed by atoms with Crippen LogP contribution in [0.2, 0.25) is 0 Å². The molecule has 0 aromatic carbocycles. The third kappa shape index (κ3) is 5.08. The van der Waals surface area contributed by atoms with E-state index < -0.39 is 0 Å². The van der Waals surface area contributed by atoms with Crippen molar-refractivity contribution in [3.8, 4) is 0 Å². The van der Waals surface area contributed by atoms with E-state index in [0.29, 0.717) is 5.41 Å². The number of hydrogen-bond acceptors (Lipinski definition) is 3. The van der Waals surface area contributed by atoms with Gasteiger partial charge in [0.2, 0.25) is 0 Å². The van der Waals surface area contributed by atoms with Gasteiger partial charge in [0.05, 0.1) is 12.5 Å². The van der Waals surface area contributed by atoms with Crippen LogP contribution in [-0.4, -0.2) is 26.8 Å². The van der Waals surface area contributed by atoms with Gasteiger partial charge >= 0.3 is 5.97 Å². The minimum Gasteiger partial charge on any atom is -0.469 e. The summed E-state index contributed by atoms with van der Waals surface area (Å²) in [6.45, 7) is 9.33. The van der Waals surface area contributed by atoms with Crippen molar-refractivity contribution < 1.29 is 14.3 Å². The van der Waals surface area contributed by atoms with Crippen LogP contribution in [0.15, 0.2) is 0 Å². The summed E-state index contributed by atoms with van der Waals surface area (Å²) in [5, 5.41) is 0. The monoisotopic (exact) mass is 286 g/mol. The number of esters is 1. The summed E-state index contributed by atoms with van der Waals surface area (Å²) in [7, 11) is 3.23. The van der Waals surface area contributed by atoms with Gasteiger partial charge in [0.1, 0.15) is 0 Å². The van der Waals surface area contributed by atoms with Crippen molar-refractivity contribution in [2.45, 2.75) is 72.6 Å². The van der Waals surface area contributed by atoms with Gasteiger partial charge in [-0.1, -0.05) is 27.7 Å². The molecule has 0 aromatic heterocycles. The number of fused-ring (bicyclic) bond motifs is 3. The molecule has 0 amide bonds. The van der Waals surface area contributed by atoms with Gasteiger partial charge in [-0.05, 0) is 50.4 Å². The van der Waals surface area contributed by atoms with Gasteiger partial charge in [0.25, 0.3) is 0 Å². The summed E-state index contributed by atoms with van der Waals surface area (Å²) in [5.41, 5.74) is 0.447. The van der Waals surface area contributed by atoms with Crippen LogP contribution in [0.5, 0.6) is 0 Å². The molecule has 0 unspecified atom stereocenters. The summed E-state index contributed by atoms with van der Waals surface area (Å²) in [5.74, 6) is 0.0363. The molecule has 2 bridgehead atoms. The van der Waals surface area contributed by atoms with Crippen LogP contribution < -0.4 is 0 Å². The lowest BCUT2D eigenvalue weighted by atomic mass is 9.54. The van der Waals surface area contributed by atoms with Crippen molar-refractivity contribution in [1.82, 2.24) is 0 Å². The number of carbonyl (C=O) groups excluding carboxylic acids is 1. The fourth-order valence-electron chi connectivity index (χ4n) is 3.10. The minimum absolute atomic E-state index is 0.0363.